The average molecular weight is 537 g/mol. The first kappa shape index (κ1) is 27.9. The molecule has 2 aliphatic rings. The number of hydrogen-bond acceptors (Lipinski definition) is 7. The van der Waals surface area contributed by atoms with Gasteiger partial charge in [-0.2, -0.15) is 13.2 Å². The lowest BCUT2D eigenvalue weighted by Crippen LogP contribution is -2.63. The zero-order chi connectivity index (χ0) is 27.5. The number of amides is 2. The summed E-state index contributed by atoms with van der Waals surface area (Å²) in [5, 5.41) is 8.90. The molecule has 9 nitrogen and oxygen atoms in total. The Morgan fingerprint density at radius 3 is 2.45 bits per heavy atom. The summed E-state index contributed by atoms with van der Waals surface area (Å²) < 4.78 is 44.6. The Kier molecular flexibility index (Phi) is 8.29. The number of alkyl halides is 3. The molecule has 2 heterocycles. The highest BCUT2D eigenvalue weighted by atomic mass is 19.4. The van der Waals surface area contributed by atoms with Crippen LogP contribution in [0.5, 0.6) is 0 Å². The van der Waals surface area contributed by atoms with Crippen LogP contribution < -0.4 is 16.0 Å². The van der Waals surface area contributed by atoms with Crippen molar-refractivity contribution in [2.24, 2.45) is 5.92 Å². The Balaban J connectivity index is 1.16. The monoisotopic (exact) mass is 536 g/mol. The molecule has 1 aromatic heterocycles. The molecule has 3 N–H and O–H groups in total. The maximum atomic E-state index is 13.1. The highest BCUT2D eigenvalue weighted by Gasteiger charge is 2.35. The number of aromatic nitrogens is 2. The van der Waals surface area contributed by atoms with Gasteiger partial charge in [0, 0.05) is 31.1 Å². The van der Waals surface area contributed by atoms with Crippen molar-refractivity contribution in [2.75, 3.05) is 31.5 Å². The SMILES string of the molecule is CC(C)(C)OC(=O)NCC1CCC(N2CC(NC(=O)CNc3ncnc4ccc(C(F)(F)F)cc34)C2)CC1. The molecule has 38 heavy (non-hydrogen) atoms. The maximum Gasteiger partial charge on any atom is 0.416 e. The zero-order valence-corrected chi connectivity index (χ0v) is 21.9. The Morgan fingerprint density at radius 2 is 1.79 bits per heavy atom. The molecular weight excluding hydrogens is 501 g/mol. The van der Waals surface area contributed by atoms with Gasteiger partial charge in [0.2, 0.25) is 5.91 Å². The molecule has 0 unspecified atom stereocenters. The summed E-state index contributed by atoms with van der Waals surface area (Å²) in [6, 6.07) is 3.76. The summed E-state index contributed by atoms with van der Waals surface area (Å²) in [5.41, 5.74) is -0.942. The van der Waals surface area contributed by atoms with E-state index in [0.29, 0.717) is 24.0 Å². The topological polar surface area (TPSA) is 108 Å². The zero-order valence-electron chi connectivity index (χ0n) is 21.9. The minimum Gasteiger partial charge on any atom is -0.444 e. The van der Waals surface area contributed by atoms with Crippen LogP contribution in [-0.2, 0) is 15.7 Å². The number of anilines is 1. The number of carbonyl (C=O) groups is 2. The van der Waals surface area contributed by atoms with Crippen molar-refractivity contribution >= 4 is 28.7 Å². The van der Waals surface area contributed by atoms with Crippen molar-refractivity contribution in [3.63, 3.8) is 0 Å². The first-order chi connectivity index (χ1) is 17.9. The molecule has 1 aromatic carbocycles. The van der Waals surface area contributed by atoms with Crippen LogP contribution in [0.1, 0.15) is 52.0 Å². The molecule has 2 amide bonds. The number of nitrogens with one attached hydrogen (secondary N) is 3. The number of alkyl carbamates (subject to hydrolysis) is 1. The molecule has 0 spiro atoms. The van der Waals surface area contributed by atoms with Gasteiger partial charge in [-0.05, 0) is 70.6 Å². The third-order valence-corrected chi connectivity index (χ3v) is 6.92. The Labute approximate surface area is 219 Å². The van der Waals surface area contributed by atoms with E-state index in [9.17, 15) is 22.8 Å². The minimum absolute atomic E-state index is 0.0369. The van der Waals surface area contributed by atoms with Crippen LogP contribution in [0, 0.1) is 5.92 Å². The van der Waals surface area contributed by atoms with Crippen molar-refractivity contribution in [1.82, 2.24) is 25.5 Å². The van der Waals surface area contributed by atoms with Gasteiger partial charge in [-0.15, -0.1) is 0 Å². The van der Waals surface area contributed by atoms with Crippen LogP contribution in [-0.4, -0.2) is 70.7 Å². The van der Waals surface area contributed by atoms with Crippen LogP contribution >= 0.6 is 0 Å². The Bertz CT molecular complexity index is 1140. The lowest BCUT2D eigenvalue weighted by molar-refractivity contribution is -0.137. The lowest BCUT2D eigenvalue weighted by Gasteiger charge is -2.46. The van der Waals surface area contributed by atoms with Crippen molar-refractivity contribution in [1.29, 1.82) is 0 Å². The first-order valence-electron chi connectivity index (χ1n) is 12.9. The number of halogens is 3. The third kappa shape index (κ3) is 7.46. The summed E-state index contributed by atoms with van der Waals surface area (Å²) >= 11 is 0. The summed E-state index contributed by atoms with van der Waals surface area (Å²) in [7, 11) is 0. The second-order valence-corrected chi connectivity index (χ2v) is 11.1. The van der Waals surface area contributed by atoms with Gasteiger partial charge in [-0.1, -0.05) is 0 Å². The highest BCUT2D eigenvalue weighted by Crippen LogP contribution is 2.33. The molecule has 208 valence electrons. The predicted octanol–water partition coefficient (Wildman–Crippen LogP) is 3.94. The number of nitrogens with zero attached hydrogens (tertiary/aromatic N) is 3. The van der Waals surface area contributed by atoms with E-state index in [4.69, 9.17) is 4.74 Å². The molecule has 12 heteroatoms. The van der Waals surface area contributed by atoms with Gasteiger partial charge in [0.25, 0.3) is 0 Å². The Morgan fingerprint density at radius 1 is 1.08 bits per heavy atom. The van der Waals surface area contributed by atoms with Crippen molar-refractivity contribution in [2.45, 2.75) is 70.3 Å². The summed E-state index contributed by atoms with van der Waals surface area (Å²) in [6.45, 7) is 7.57. The van der Waals surface area contributed by atoms with Crippen LogP contribution in [0.15, 0.2) is 24.5 Å². The van der Waals surface area contributed by atoms with Gasteiger partial charge >= 0.3 is 12.3 Å². The van der Waals surface area contributed by atoms with Gasteiger partial charge in [0.1, 0.15) is 17.7 Å². The van der Waals surface area contributed by atoms with Crippen molar-refractivity contribution in [3.8, 4) is 0 Å². The fraction of sp³-hybridized carbons (Fsp3) is 0.615. The van der Waals surface area contributed by atoms with E-state index in [2.05, 4.69) is 30.8 Å². The molecule has 2 fully saturated rings. The summed E-state index contributed by atoms with van der Waals surface area (Å²) in [5.74, 6) is 0.376. The predicted molar refractivity (Wildman–Crippen MR) is 137 cm³/mol. The van der Waals surface area contributed by atoms with Crippen LogP contribution in [0.3, 0.4) is 0 Å². The molecule has 2 aromatic rings. The largest absolute Gasteiger partial charge is 0.444 e. The Hall–Kier alpha value is -3.15. The van der Waals surface area contributed by atoms with Gasteiger partial charge in [0.15, 0.2) is 0 Å². The number of ether oxygens (including phenoxy) is 1. The third-order valence-electron chi connectivity index (χ3n) is 6.92. The van der Waals surface area contributed by atoms with Gasteiger partial charge in [0.05, 0.1) is 23.7 Å². The molecule has 1 aliphatic heterocycles. The first-order valence-corrected chi connectivity index (χ1v) is 12.9. The fourth-order valence-corrected chi connectivity index (χ4v) is 4.97. The van der Waals surface area contributed by atoms with E-state index < -0.39 is 17.3 Å². The van der Waals surface area contributed by atoms with E-state index in [1.807, 2.05) is 20.8 Å². The standard InChI is InChI=1S/C26H35F3N6O3/c1-25(2,3)38-24(37)31-11-16-4-7-19(8-5-16)35-13-18(14-35)34-22(36)12-30-23-20-10-17(26(27,28)29)6-9-21(20)32-15-33-23/h6,9-10,15-16,18-19H,4-5,7-8,11-14H2,1-3H3,(H,31,37)(H,34,36)(H,30,32,33). The van der Waals surface area contributed by atoms with Crippen LogP contribution in [0.4, 0.5) is 23.8 Å². The quantitative estimate of drug-likeness (QED) is 0.492. The summed E-state index contributed by atoms with van der Waals surface area (Å²) in [4.78, 5) is 34.7. The normalized spacial score (nSPS) is 21.0. The molecule has 1 saturated carbocycles. The van der Waals surface area contributed by atoms with E-state index in [-0.39, 0.29) is 35.8 Å². The van der Waals surface area contributed by atoms with Gasteiger partial charge in [-0.3, -0.25) is 9.69 Å². The number of fused-ring (bicyclic) bond motifs is 1. The second-order valence-electron chi connectivity index (χ2n) is 11.1. The molecule has 0 atom stereocenters. The van der Waals surface area contributed by atoms with Crippen LogP contribution in [0.25, 0.3) is 10.9 Å². The van der Waals surface area contributed by atoms with Gasteiger partial charge < -0.3 is 20.7 Å². The smallest absolute Gasteiger partial charge is 0.416 e. The highest BCUT2D eigenvalue weighted by molar-refractivity contribution is 5.91. The maximum absolute atomic E-state index is 13.1. The fourth-order valence-electron chi connectivity index (χ4n) is 4.97. The lowest BCUT2D eigenvalue weighted by atomic mass is 9.84. The number of carbonyl (C=O) groups excluding carboxylic acids is 2. The number of hydrogen-bond donors (Lipinski definition) is 3. The molecule has 0 bridgehead atoms. The minimum atomic E-state index is -4.48. The van der Waals surface area contributed by atoms with Gasteiger partial charge in [-0.25, -0.2) is 14.8 Å². The number of rotatable bonds is 7. The van der Waals surface area contributed by atoms with Crippen molar-refractivity contribution in [3.05, 3.63) is 30.1 Å². The van der Waals surface area contributed by atoms with E-state index in [0.717, 1.165) is 50.9 Å². The van der Waals surface area contributed by atoms with Crippen molar-refractivity contribution < 1.29 is 27.5 Å². The molecule has 0 radical (unpaired) electrons. The van der Waals surface area contributed by atoms with E-state index in [1.165, 1.54) is 12.4 Å². The number of likely N-dealkylation sites (tertiary alicyclic amines) is 1. The number of benzene rings is 1. The summed E-state index contributed by atoms with van der Waals surface area (Å²) in [6.07, 6.45) is 0.538. The molecule has 1 aliphatic carbocycles. The molecule has 4 rings (SSSR count). The van der Waals surface area contributed by atoms with E-state index in [1.54, 1.807) is 0 Å². The average Bonchev–Trinajstić information content (AvgIpc) is 2.82. The molecule has 1 saturated heterocycles. The second kappa shape index (κ2) is 11.3. The van der Waals surface area contributed by atoms with E-state index >= 15 is 0 Å². The molecular formula is C26H35F3N6O3. The van der Waals surface area contributed by atoms with Crippen LogP contribution in [0.2, 0.25) is 0 Å².